The molecule has 136 valence electrons. The van der Waals surface area contributed by atoms with E-state index in [-0.39, 0.29) is 0 Å². The van der Waals surface area contributed by atoms with Crippen LogP contribution >= 0.6 is 0 Å². The van der Waals surface area contributed by atoms with Crippen molar-refractivity contribution in [3.63, 3.8) is 0 Å². The Morgan fingerprint density at radius 3 is 2.63 bits per heavy atom. The number of nitrogens with zero attached hydrogens (tertiary/aromatic N) is 1. The summed E-state index contributed by atoms with van der Waals surface area (Å²) in [5.41, 5.74) is 3.09. The Balaban J connectivity index is 1.79. The van der Waals surface area contributed by atoms with E-state index in [1.165, 1.54) is 19.2 Å². The van der Waals surface area contributed by atoms with Crippen molar-refractivity contribution in [3.8, 4) is 17.0 Å². The largest absolute Gasteiger partial charge is 0.481 e. The number of carbonyl (C=O) groups excluding carboxylic acids is 1. The van der Waals surface area contributed by atoms with Gasteiger partial charge in [0.05, 0.1) is 7.11 Å². The van der Waals surface area contributed by atoms with Crippen LogP contribution in [0.2, 0.25) is 0 Å². The minimum absolute atomic E-state index is 0.381. The monoisotopic (exact) mass is 364 g/mol. The molecule has 6 heteroatoms. The van der Waals surface area contributed by atoms with Crippen molar-refractivity contribution in [3.05, 3.63) is 83.8 Å². The molecule has 1 aliphatic heterocycles. The lowest BCUT2D eigenvalue weighted by molar-refractivity contribution is 0.131. The lowest BCUT2D eigenvalue weighted by atomic mass is 9.95. The van der Waals surface area contributed by atoms with Gasteiger partial charge in [0, 0.05) is 17.3 Å². The van der Waals surface area contributed by atoms with Crippen LogP contribution in [0.5, 0.6) is 5.88 Å². The third kappa shape index (κ3) is 3.33. The van der Waals surface area contributed by atoms with E-state index in [1.807, 2.05) is 36.4 Å². The number of methoxy groups -OCH3 is 1. The normalized spacial score (nSPS) is 18.7. The number of hydrogen-bond donors (Lipinski definition) is 1. The molecule has 0 spiro atoms. The molecule has 0 unspecified atom stereocenters. The van der Waals surface area contributed by atoms with Gasteiger partial charge >= 0.3 is 6.09 Å². The number of ether oxygens (including phenoxy) is 2. The summed E-state index contributed by atoms with van der Waals surface area (Å²) in [4.78, 5) is 16.3. The number of nitrogens with one attached hydrogen (secondary N) is 1. The van der Waals surface area contributed by atoms with Crippen molar-refractivity contribution in [2.45, 2.75) is 12.1 Å². The molecule has 2 aromatic carbocycles. The number of carbonyl (C=O) groups is 1. The first-order valence-electron chi connectivity index (χ1n) is 8.47. The van der Waals surface area contributed by atoms with E-state index < -0.39 is 24.1 Å². The quantitative estimate of drug-likeness (QED) is 0.745. The summed E-state index contributed by atoms with van der Waals surface area (Å²) in [5, 5.41) is 2.79. The summed E-state index contributed by atoms with van der Waals surface area (Å²) in [5.74, 6) is -0.00999. The van der Waals surface area contributed by atoms with Crippen LogP contribution in [-0.2, 0) is 4.74 Å². The standard InChI is InChI=1S/C21H17FN2O3/c1-26-20-17(11-15(12-23-20)13-6-3-2-4-7-13)18-19(27-21(25)24-18)14-8-5-9-16(22)10-14/h2-12,18-19H,1H3,(H,24,25)/t18-,19-/m1/s1. The third-order valence-electron chi connectivity index (χ3n) is 4.50. The van der Waals surface area contributed by atoms with E-state index in [0.717, 1.165) is 11.1 Å². The predicted octanol–water partition coefficient (Wildman–Crippen LogP) is 4.42. The molecular weight excluding hydrogens is 347 g/mol. The van der Waals surface area contributed by atoms with Crippen molar-refractivity contribution in [1.29, 1.82) is 0 Å². The van der Waals surface area contributed by atoms with E-state index in [0.29, 0.717) is 17.0 Å². The Morgan fingerprint density at radius 2 is 1.89 bits per heavy atom. The molecular formula is C21H17FN2O3. The van der Waals surface area contributed by atoms with Gasteiger partial charge in [-0.25, -0.2) is 14.2 Å². The van der Waals surface area contributed by atoms with Gasteiger partial charge < -0.3 is 14.8 Å². The number of cyclic esters (lactones) is 1. The van der Waals surface area contributed by atoms with E-state index >= 15 is 0 Å². The summed E-state index contributed by atoms with van der Waals surface area (Å²) in [6.07, 6.45) is 0.461. The van der Waals surface area contributed by atoms with Gasteiger partial charge in [-0.3, -0.25) is 0 Å². The lowest BCUT2D eigenvalue weighted by Gasteiger charge is -2.20. The second-order valence-corrected chi connectivity index (χ2v) is 6.19. The zero-order chi connectivity index (χ0) is 18.8. The average molecular weight is 364 g/mol. The average Bonchev–Trinajstić information content (AvgIpc) is 3.10. The fourth-order valence-electron chi connectivity index (χ4n) is 3.26. The minimum atomic E-state index is -0.685. The Labute approximate surface area is 155 Å². The SMILES string of the molecule is COc1ncc(-c2ccccc2)cc1[C@H]1NC(=O)O[C@@H]1c1cccc(F)c1. The fourth-order valence-corrected chi connectivity index (χ4v) is 3.26. The van der Waals surface area contributed by atoms with E-state index in [9.17, 15) is 9.18 Å². The van der Waals surface area contributed by atoms with Gasteiger partial charge in [-0.1, -0.05) is 42.5 Å². The number of aromatic nitrogens is 1. The molecule has 4 rings (SSSR count). The van der Waals surface area contributed by atoms with Gasteiger partial charge in [0.25, 0.3) is 0 Å². The second-order valence-electron chi connectivity index (χ2n) is 6.19. The Bertz CT molecular complexity index is 978. The number of benzene rings is 2. The molecule has 1 aliphatic rings. The highest BCUT2D eigenvalue weighted by molar-refractivity contribution is 5.72. The first kappa shape index (κ1) is 17.0. The summed E-state index contributed by atoms with van der Waals surface area (Å²) >= 11 is 0. The molecule has 0 saturated carbocycles. The molecule has 1 amide bonds. The third-order valence-corrected chi connectivity index (χ3v) is 4.50. The van der Waals surface area contributed by atoms with E-state index in [4.69, 9.17) is 9.47 Å². The first-order valence-corrected chi connectivity index (χ1v) is 8.47. The van der Waals surface area contributed by atoms with Crippen molar-refractivity contribution >= 4 is 6.09 Å². The molecule has 1 fully saturated rings. The molecule has 2 heterocycles. The Hall–Kier alpha value is -3.41. The fraction of sp³-hybridized carbons (Fsp3) is 0.143. The Morgan fingerprint density at radius 1 is 1.07 bits per heavy atom. The summed E-state index contributed by atoms with van der Waals surface area (Å²) in [6, 6.07) is 17.1. The van der Waals surface area contributed by atoms with Gasteiger partial charge in [-0.05, 0) is 29.3 Å². The van der Waals surface area contributed by atoms with Crippen LogP contribution in [0.15, 0.2) is 66.9 Å². The molecule has 1 saturated heterocycles. The van der Waals surface area contributed by atoms with Crippen molar-refractivity contribution < 1.29 is 18.7 Å². The minimum Gasteiger partial charge on any atom is -0.481 e. The highest BCUT2D eigenvalue weighted by Gasteiger charge is 2.38. The first-order chi connectivity index (χ1) is 13.2. The number of hydrogen-bond acceptors (Lipinski definition) is 4. The summed E-state index contributed by atoms with van der Waals surface area (Å²) < 4.78 is 24.5. The smallest absolute Gasteiger partial charge is 0.408 e. The van der Waals surface area contributed by atoms with Gasteiger partial charge in [0.2, 0.25) is 5.88 Å². The van der Waals surface area contributed by atoms with E-state index in [1.54, 1.807) is 18.3 Å². The van der Waals surface area contributed by atoms with Gasteiger partial charge in [-0.2, -0.15) is 0 Å². The number of amides is 1. The Kier molecular flexibility index (Phi) is 4.46. The topological polar surface area (TPSA) is 60.5 Å². The summed E-state index contributed by atoms with van der Waals surface area (Å²) in [7, 11) is 1.52. The zero-order valence-electron chi connectivity index (χ0n) is 14.6. The molecule has 1 N–H and O–H groups in total. The summed E-state index contributed by atoms with van der Waals surface area (Å²) in [6.45, 7) is 0. The van der Waals surface area contributed by atoms with Gasteiger partial charge in [-0.15, -0.1) is 0 Å². The van der Waals surface area contributed by atoms with Crippen LogP contribution in [0.4, 0.5) is 9.18 Å². The van der Waals surface area contributed by atoms with Crippen LogP contribution in [0.25, 0.3) is 11.1 Å². The highest BCUT2D eigenvalue weighted by Crippen LogP contribution is 2.40. The molecule has 2 atom stereocenters. The number of rotatable bonds is 4. The molecule has 0 radical (unpaired) electrons. The maximum Gasteiger partial charge on any atom is 0.408 e. The maximum atomic E-state index is 13.7. The highest BCUT2D eigenvalue weighted by atomic mass is 19.1. The van der Waals surface area contributed by atoms with Gasteiger partial charge in [0.15, 0.2) is 6.10 Å². The van der Waals surface area contributed by atoms with Crippen LogP contribution in [0.3, 0.4) is 0 Å². The van der Waals surface area contributed by atoms with Gasteiger partial charge in [0.1, 0.15) is 11.9 Å². The lowest BCUT2D eigenvalue weighted by Crippen LogP contribution is -2.20. The van der Waals surface area contributed by atoms with Crippen LogP contribution in [0.1, 0.15) is 23.3 Å². The number of halogens is 1. The molecule has 0 bridgehead atoms. The van der Waals surface area contributed by atoms with Crippen molar-refractivity contribution in [1.82, 2.24) is 10.3 Å². The number of pyridine rings is 1. The molecule has 3 aromatic rings. The molecule has 27 heavy (non-hydrogen) atoms. The molecule has 0 aliphatic carbocycles. The van der Waals surface area contributed by atoms with E-state index in [2.05, 4.69) is 10.3 Å². The zero-order valence-corrected chi connectivity index (χ0v) is 14.6. The van der Waals surface area contributed by atoms with Crippen LogP contribution in [0, 0.1) is 5.82 Å². The predicted molar refractivity (Wildman–Crippen MR) is 97.7 cm³/mol. The van der Waals surface area contributed by atoms with Crippen LogP contribution < -0.4 is 10.1 Å². The second kappa shape index (κ2) is 7.07. The van der Waals surface area contributed by atoms with Crippen molar-refractivity contribution in [2.75, 3.05) is 7.11 Å². The van der Waals surface area contributed by atoms with Crippen LogP contribution in [-0.4, -0.2) is 18.2 Å². The van der Waals surface area contributed by atoms with Crippen molar-refractivity contribution in [2.24, 2.45) is 0 Å². The molecule has 1 aromatic heterocycles. The molecule has 5 nitrogen and oxygen atoms in total. The maximum absolute atomic E-state index is 13.7. The number of alkyl carbamates (subject to hydrolysis) is 1.